The van der Waals surface area contributed by atoms with E-state index in [1.54, 1.807) is 7.11 Å². The number of methoxy groups -OCH3 is 1. The van der Waals surface area contributed by atoms with Crippen LogP contribution in [0.5, 0.6) is 0 Å². The lowest BCUT2D eigenvalue weighted by Crippen LogP contribution is -2.53. The van der Waals surface area contributed by atoms with Gasteiger partial charge in [0, 0.05) is 31.0 Å². The molecule has 1 atom stereocenters. The third-order valence-electron chi connectivity index (χ3n) is 5.59. The molecule has 1 aliphatic carbocycles. The van der Waals surface area contributed by atoms with Crippen molar-refractivity contribution in [1.29, 1.82) is 0 Å². The first-order valence-electron chi connectivity index (χ1n) is 7.99. The molecule has 1 aromatic carbocycles. The molecule has 2 aliphatic rings. The second kappa shape index (κ2) is 5.09. The van der Waals surface area contributed by atoms with Crippen LogP contribution < -0.4 is 0 Å². The van der Waals surface area contributed by atoms with Crippen molar-refractivity contribution >= 4 is 16.8 Å². The summed E-state index contributed by atoms with van der Waals surface area (Å²) in [6.45, 7) is 1.61. The molecule has 5 nitrogen and oxygen atoms in total. The Morgan fingerprint density at radius 2 is 2.09 bits per heavy atom. The Balaban J connectivity index is 1.51. The van der Waals surface area contributed by atoms with Crippen LogP contribution >= 0.6 is 0 Å². The van der Waals surface area contributed by atoms with Crippen LogP contribution in [0.25, 0.3) is 10.9 Å². The van der Waals surface area contributed by atoms with Crippen molar-refractivity contribution in [2.24, 2.45) is 5.41 Å². The number of hydrogen-bond acceptors (Lipinski definition) is 3. The van der Waals surface area contributed by atoms with Crippen molar-refractivity contribution in [2.75, 3.05) is 20.2 Å². The quantitative estimate of drug-likeness (QED) is 0.927. The number of carbonyl (C=O) groups is 1. The summed E-state index contributed by atoms with van der Waals surface area (Å²) in [7, 11) is 1.80. The van der Waals surface area contributed by atoms with E-state index in [2.05, 4.69) is 10.2 Å². The topological polar surface area (TPSA) is 58.2 Å². The minimum absolute atomic E-state index is 0.0422. The van der Waals surface area contributed by atoms with Gasteiger partial charge < -0.3 is 9.64 Å². The summed E-state index contributed by atoms with van der Waals surface area (Å²) in [5.41, 5.74) is 1.78. The number of para-hydroxylation sites is 1. The Hall–Kier alpha value is -1.88. The van der Waals surface area contributed by atoms with E-state index in [0.29, 0.717) is 17.2 Å². The number of aromatic amines is 1. The summed E-state index contributed by atoms with van der Waals surface area (Å²) in [5.74, 6) is 0.0422. The number of carbonyl (C=O) groups excluding carboxylic acids is 1. The predicted molar refractivity (Wildman–Crippen MR) is 83.7 cm³/mol. The molecule has 1 unspecified atom stereocenters. The maximum atomic E-state index is 12.8. The molecule has 1 saturated carbocycles. The monoisotopic (exact) mass is 299 g/mol. The first-order valence-corrected chi connectivity index (χ1v) is 7.99. The average molecular weight is 299 g/mol. The number of ether oxygens (including phenoxy) is 1. The standard InChI is InChI=1S/C17H21N3O2/c1-22-14-6-7-17(14)8-10-20(11-9-17)16(21)15-12-4-2-3-5-13(12)18-19-15/h2-5,14H,6-11H2,1H3,(H,18,19). The average Bonchev–Trinajstić information content (AvgIpc) is 2.98. The smallest absolute Gasteiger partial charge is 0.274 e. The number of benzene rings is 1. The van der Waals surface area contributed by atoms with Gasteiger partial charge in [-0.05, 0) is 31.7 Å². The number of aromatic nitrogens is 2. The molecule has 0 radical (unpaired) electrons. The normalized spacial score (nSPS) is 23.7. The number of likely N-dealkylation sites (tertiary alicyclic amines) is 1. The van der Waals surface area contributed by atoms with E-state index in [9.17, 15) is 4.79 Å². The molecule has 1 spiro atoms. The molecule has 1 aromatic heterocycles. The Morgan fingerprint density at radius 1 is 1.32 bits per heavy atom. The van der Waals surface area contributed by atoms with Crippen LogP contribution in [0, 0.1) is 5.41 Å². The molecule has 1 N–H and O–H groups in total. The van der Waals surface area contributed by atoms with Crippen LogP contribution in [-0.2, 0) is 4.74 Å². The number of fused-ring (bicyclic) bond motifs is 1. The van der Waals surface area contributed by atoms with Gasteiger partial charge in [-0.25, -0.2) is 0 Å². The summed E-state index contributed by atoms with van der Waals surface area (Å²) >= 11 is 0. The summed E-state index contributed by atoms with van der Waals surface area (Å²) < 4.78 is 5.58. The predicted octanol–water partition coefficient (Wildman–Crippen LogP) is 2.59. The van der Waals surface area contributed by atoms with Crippen molar-refractivity contribution in [2.45, 2.75) is 31.8 Å². The lowest BCUT2D eigenvalue weighted by atomic mass is 9.61. The number of hydrogen-bond donors (Lipinski definition) is 1. The SMILES string of the molecule is COC1CCC12CCN(C(=O)c1n[nH]c3ccccc13)CC2. The zero-order valence-corrected chi connectivity index (χ0v) is 12.8. The second-order valence-corrected chi connectivity index (χ2v) is 6.54. The number of amides is 1. The highest BCUT2D eigenvalue weighted by Gasteiger charge is 2.49. The Kier molecular flexibility index (Phi) is 3.18. The maximum Gasteiger partial charge on any atom is 0.274 e. The molecule has 2 fully saturated rings. The minimum atomic E-state index is 0.0422. The summed E-state index contributed by atoms with van der Waals surface area (Å²) in [6, 6.07) is 7.78. The van der Waals surface area contributed by atoms with Crippen molar-refractivity contribution in [1.82, 2.24) is 15.1 Å². The number of nitrogens with zero attached hydrogens (tertiary/aromatic N) is 2. The summed E-state index contributed by atoms with van der Waals surface area (Å²) in [4.78, 5) is 14.7. The first-order chi connectivity index (χ1) is 10.7. The van der Waals surface area contributed by atoms with Gasteiger partial charge in [-0.1, -0.05) is 18.2 Å². The molecule has 4 rings (SSSR count). The Labute approximate surface area is 129 Å². The fourth-order valence-corrected chi connectivity index (χ4v) is 4.04. The van der Waals surface area contributed by atoms with E-state index in [-0.39, 0.29) is 5.91 Å². The van der Waals surface area contributed by atoms with Crippen LogP contribution in [0.3, 0.4) is 0 Å². The Morgan fingerprint density at radius 3 is 2.77 bits per heavy atom. The van der Waals surface area contributed by atoms with Gasteiger partial charge >= 0.3 is 0 Å². The molecule has 2 heterocycles. The zero-order chi connectivity index (χ0) is 15.2. The van der Waals surface area contributed by atoms with Crippen molar-refractivity contribution in [3.8, 4) is 0 Å². The third-order valence-corrected chi connectivity index (χ3v) is 5.59. The highest BCUT2D eigenvalue weighted by atomic mass is 16.5. The maximum absolute atomic E-state index is 12.8. The second-order valence-electron chi connectivity index (χ2n) is 6.54. The molecule has 0 bridgehead atoms. The highest BCUT2D eigenvalue weighted by molar-refractivity contribution is 6.04. The van der Waals surface area contributed by atoms with Gasteiger partial charge in [0.1, 0.15) is 0 Å². The lowest BCUT2D eigenvalue weighted by molar-refractivity contribution is -0.116. The van der Waals surface area contributed by atoms with E-state index in [1.807, 2.05) is 29.2 Å². The zero-order valence-electron chi connectivity index (χ0n) is 12.8. The molecule has 1 saturated heterocycles. The van der Waals surface area contributed by atoms with Crippen molar-refractivity contribution in [3.63, 3.8) is 0 Å². The number of nitrogens with one attached hydrogen (secondary N) is 1. The molecule has 5 heteroatoms. The number of piperidine rings is 1. The molecule has 1 amide bonds. The number of H-pyrrole nitrogens is 1. The van der Waals surface area contributed by atoms with Crippen LogP contribution in [0.1, 0.15) is 36.2 Å². The summed E-state index contributed by atoms with van der Waals surface area (Å²) in [6.07, 6.45) is 4.86. The lowest BCUT2D eigenvalue weighted by Gasteiger charge is -2.53. The van der Waals surface area contributed by atoms with E-state index in [4.69, 9.17) is 4.74 Å². The molecule has 1 aliphatic heterocycles. The van der Waals surface area contributed by atoms with Gasteiger partial charge in [-0.15, -0.1) is 0 Å². The van der Waals surface area contributed by atoms with Crippen molar-refractivity contribution < 1.29 is 9.53 Å². The fourth-order valence-electron chi connectivity index (χ4n) is 4.04. The largest absolute Gasteiger partial charge is 0.381 e. The van der Waals surface area contributed by atoms with E-state index in [1.165, 1.54) is 6.42 Å². The van der Waals surface area contributed by atoms with Crippen LogP contribution in [0.15, 0.2) is 24.3 Å². The minimum Gasteiger partial charge on any atom is -0.381 e. The van der Waals surface area contributed by atoms with Gasteiger partial charge in [0.05, 0.1) is 11.6 Å². The molecule has 2 aromatic rings. The summed E-state index contributed by atoms with van der Waals surface area (Å²) in [5, 5.41) is 8.09. The molecular weight excluding hydrogens is 278 g/mol. The van der Waals surface area contributed by atoms with Gasteiger partial charge in [0.2, 0.25) is 0 Å². The third kappa shape index (κ3) is 1.96. The molecule has 116 valence electrons. The van der Waals surface area contributed by atoms with Gasteiger partial charge in [-0.3, -0.25) is 9.89 Å². The van der Waals surface area contributed by atoms with Crippen LogP contribution in [0.2, 0.25) is 0 Å². The van der Waals surface area contributed by atoms with E-state index in [0.717, 1.165) is 43.3 Å². The fraction of sp³-hybridized carbons (Fsp3) is 0.529. The van der Waals surface area contributed by atoms with Gasteiger partial charge in [0.25, 0.3) is 5.91 Å². The van der Waals surface area contributed by atoms with Crippen LogP contribution in [-0.4, -0.2) is 47.3 Å². The first kappa shape index (κ1) is 13.8. The molecule has 22 heavy (non-hydrogen) atoms. The van der Waals surface area contributed by atoms with Gasteiger partial charge in [-0.2, -0.15) is 5.10 Å². The molecular formula is C17H21N3O2. The van der Waals surface area contributed by atoms with Crippen LogP contribution in [0.4, 0.5) is 0 Å². The van der Waals surface area contributed by atoms with E-state index < -0.39 is 0 Å². The Bertz CT molecular complexity index is 699. The van der Waals surface area contributed by atoms with Crippen molar-refractivity contribution in [3.05, 3.63) is 30.0 Å². The highest BCUT2D eigenvalue weighted by Crippen LogP contribution is 2.50. The van der Waals surface area contributed by atoms with Gasteiger partial charge in [0.15, 0.2) is 5.69 Å². The van der Waals surface area contributed by atoms with E-state index >= 15 is 0 Å². The number of rotatable bonds is 2.